The molecule has 0 aliphatic carbocycles. The van der Waals surface area contributed by atoms with Crippen LogP contribution in [0.15, 0.2) is 60.3 Å². The van der Waals surface area contributed by atoms with E-state index in [4.69, 9.17) is 0 Å². The van der Waals surface area contributed by atoms with Crippen molar-refractivity contribution < 1.29 is 4.92 Å². The predicted molar refractivity (Wildman–Crippen MR) is 113 cm³/mol. The summed E-state index contributed by atoms with van der Waals surface area (Å²) in [6, 6.07) is 16.6. The maximum Gasteiger partial charge on any atom is 0.269 e. The standard InChI is InChI=1S/C22H16N6O2/c1-12-19-20(13-5-4-6-14(9-13)28(29)30)16(10-23)21(25-22(19)27-26-12)17-11-24-18-8-3-2-7-15(17)18/h2-9,11,20,24H,1H3,(H2,25,26,27). The molecule has 3 N–H and O–H groups in total. The molecule has 2 aromatic heterocycles. The molecule has 0 amide bonds. The third kappa shape index (κ3) is 2.57. The van der Waals surface area contributed by atoms with Gasteiger partial charge in [0.1, 0.15) is 0 Å². The summed E-state index contributed by atoms with van der Waals surface area (Å²) in [5.41, 5.74) is 5.21. The minimum atomic E-state index is -0.478. The van der Waals surface area contributed by atoms with E-state index in [-0.39, 0.29) is 5.69 Å². The molecule has 0 fully saturated rings. The Kier molecular flexibility index (Phi) is 3.89. The number of aryl methyl sites for hydroxylation is 1. The lowest BCUT2D eigenvalue weighted by Gasteiger charge is -2.26. The first-order valence-electron chi connectivity index (χ1n) is 9.35. The van der Waals surface area contributed by atoms with Crippen LogP contribution in [0.25, 0.3) is 16.6 Å². The van der Waals surface area contributed by atoms with Crippen molar-refractivity contribution in [3.63, 3.8) is 0 Å². The number of benzene rings is 2. The smallest absolute Gasteiger partial charge is 0.269 e. The van der Waals surface area contributed by atoms with Gasteiger partial charge >= 0.3 is 0 Å². The third-order valence-electron chi connectivity index (χ3n) is 5.48. The minimum Gasteiger partial charge on any atom is -0.360 e. The van der Waals surface area contributed by atoms with Gasteiger partial charge in [-0.2, -0.15) is 10.4 Å². The molecule has 1 unspecified atom stereocenters. The molecule has 3 heterocycles. The lowest BCUT2D eigenvalue weighted by atomic mass is 9.81. The maximum absolute atomic E-state index is 11.3. The van der Waals surface area contributed by atoms with E-state index in [0.717, 1.165) is 27.7 Å². The number of nitrogens with zero attached hydrogens (tertiary/aromatic N) is 3. The summed E-state index contributed by atoms with van der Waals surface area (Å²) >= 11 is 0. The molecule has 146 valence electrons. The Hall–Kier alpha value is -4.38. The van der Waals surface area contributed by atoms with Crippen LogP contribution in [0, 0.1) is 28.4 Å². The Balaban J connectivity index is 1.79. The summed E-state index contributed by atoms with van der Waals surface area (Å²) < 4.78 is 0. The highest BCUT2D eigenvalue weighted by molar-refractivity contribution is 5.98. The van der Waals surface area contributed by atoms with E-state index in [2.05, 4.69) is 26.6 Å². The molecule has 0 spiro atoms. The van der Waals surface area contributed by atoms with Gasteiger partial charge in [-0.3, -0.25) is 15.2 Å². The summed E-state index contributed by atoms with van der Waals surface area (Å²) in [6.07, 6.45) is 1.86. The molecule has 2 aromatic carbocycles. The van der Waals surface area contributed by atoms with Crippen LogP contribution in [0.1, 0.15) is 28.3 Å². The molecule has 5 rings (SSSR count). The van der Waals surface area contributed by atoms with E-state index in [9.17, 15) is 15.4 Å². The summed E-state index contributed by atoms with van der Waals surface area (Å²) in [5, 5.41) is 33.1. The van der Waals surface area contributed by atoms with Gasteiger partial charge in [0.05, 0.1) is 28.2 Å². The average Bonchev–Trinajstić information content (AvgIpc) is 3.36. The van der Waals surface area contributed by atoms with Crippen LogP contribution in [0.3, 0.4) is 0 Å². The second-order valence-electron chi connectivity index (χ2n) is 7.17. The van der Waals surface area contributed by atoms with Crippen LogP contribution in [0.2, 0.25) is 0 Å². The van der Waals surface area contributed by atoms with Gasteiger partial charge in [0.2, 0.25) is 0 Å². The molecule has 30 heavy (non-hydrogen) atoms. The van der Waals surface area contributed by atoms with Crippen LogP contribution >= 0.6 is 0 Å². The van der Waals surface area contributed by atoms with Gasteiger partial charge in [-0.1, -0.05) is 30.3 Å². The number of hydrogen-bond donors (Lipinski definition) is 3. The molecule has 1 aliphatic rings. The Labute approximate surface area is 171 Å². The van der Waals surface area contributed by atoms with E-state index in [1.165, 1.54) is 12.1 Å². The van der Waals surface area contributed by atoms with E-state index in [1.54, 1.807) is 6.07 Å². The van der Waals surface area contributed by atoms with Crippen LogP contribution in [0.4, 0.5) is 11.5 Å². The Morgan fingerprint density at radius 3 is 2.83 bits per heavy atom. The Morgan fingerprint density at radius 2 is 2.03 bits per heavy atom. The topological polar surface area (TPSA) is 123 Å². The van der Waals surface area contributed by atoms with Gasteiger partial charge < -0.3 is 10.3 Å². The Morgan fingerprint density at radius 1 is 1.20 bits per heavy atom. The van der Waals surface area contributed by atoms with E-state index < -0.39 is 10.8 Å². The van der Waals surface area contributed by atoms with E-state index in [0.29, 0.717) is 22.7 Å². The summed E-state index contributed by atoms with van der Waals surface area (Å²) in [6.45, 7) is 1.88. The molecule has 8 nitrogen and oxygen atoms in total. The normalized spacial score (nSPS) is 15.5. The van der Waals surface area contributed by atoms with Gasteiger partial charge in [-0.25, -0.2) is 0 Å². The molecular formula is C22H16N6O2. The number of anilines is 1. The molecule has 0 bridgehead atoms. The molecule has 1 aliphatic heterocycles. The van der Waals surface area contributed by atoms with Gasteiger partial charge in [0.25, 0.3) is 5.69 Å². The average molecular weight is 396 g/mol. The molecule has 8 heteroatoms. The number of allylic oxidation sites excluding steroid dienone is 1. The number of non-ortho nitro benzene ring substituents is 1. The van der Waals surface area contributed by atoms with E-state index in [1.807, 2.05) is 43.5 Å². The first-order chi connectivity index (χ1) is 14.6. The van der Waals surface area contributed by atoms with E-state index >= 15 is 0 Å². The molecule has 4 aromatic rings. The SMILES string of the molecule is Cc1[nH]nc2c1C(c1cccc([N+](=O)[O-])c1)C(C#N)=C(c1c[nH]c3ccccc13)N2. The highest BCUT2D eigenvalue weighted by Crippen LogP contribution is 2.45. The first-order valence-corrected chi connectivity index (χ1v) is 9.35. The quantitative estimate of drug-likeness (QED) is 0.345. The van der Waals surface area contributed by atoms with Crippen molar-refractivity contribution in [2.24, 2.45) is 0 Å². The summed E-state index contributed by atoms with van der Waals surface area (Å²) in [5.74, 6) is 0.136. The number of fused-ring (bicyclic) bond motifs is 2. The van der Waals surface area contributed by atoms with Crippen LogP contribution in [-0.4, -0.2) is 20.1 Å². The highest BCUT2D eigenvalue weighted by atomic mass is 16.6. The van der Waals surface area contributed by atoms with Crippen molar-refractivity contribution in [2.45, 2.75) is 12.8 Å². The summed E-state index contributed by atoms with van der Waals surface area (Å²) in [7, 11) is 0. The predicted octanol–water partition coefficient (Wildman–Crippen LogP) is 4.60. The number of rotatable bonds is 3. The van der Waals surface area contributed by atoms with Crippen molar-refractivity contribution in [1.29, 1.82) is 5.26 Å². The van der Waals surface area contributed by atoms with Crippen molar-refractivity contribution in [1.82, 2.24) is 15.2 Å². The number of nitriles is 1. The minimum absolute atomic E-state index is 0.0142. The van der Waals surface area contributed by atoms with Crippen LogP contribution < -0.4 is 5.32 Å². The van der Waals surface area contributed by atoms with Gasteiger partial charge in [0, 0.05) is 46.1 Å². The zero-order valence-corrected chi connectivity index (χ0v) is 15.9. The monoisotopic (exact) mass is 396 g/mol. The first kappa shape index (κ1) is 17.7. The second kappa shape index (κ2) is 6.60. The lowest BCUT2D eigenvalue weighted by Crippen LogP contribution is -2.17. The number of hydrogen-bond acceptors (Lipinski definition) is 5. The Bertz CT molecular complexity index is 1390. The fraction of sp³-hybridized carbons (Fsp3) is 0.0909. The number of nitrogens with one attached hydrogen (secondary N) is 3. The number of H-pyrrole nitrogens is 2. The number of nitro benzene ring substituents is 1. The fourth-order valence-electron chi connectivity index (χ4n) is 4.12. The van der Waals surface area contributed by atoms with Crippen LogP contribution in [0.5, 0.6) is 0 Å². The highest BCUT2D eigenvalue weighted by Gasteiger charge is 2.34. The maximum atomic E-state index is 11.3. The van der Waals surface area contributed by atoms with Gasteiger partial charge in [0.15, 0.2) is 5.82 Å². The molecule has 0 radical (unpaired) electrons. The number of nitro groups is 1. The van der Waals surface area contributed by atoms with Crippen LogP contribution in [-0.2, 0) is 0 Å². The van der Waals surface area contributed by atoms with Gasteiger partial charge in [-0.15, -0.1) is 0 Å². The zero-order valence-electron chi connectivity index (χ0n) is 15.9. The zero-order chi connectivity index (χ0) is 20.8. The number of aromatic nitrogens is 3. The number of para-hydroxylation sites is 1. The lowest BCUT2D eigenvalue weighted by molar-refractivity contribution is -0.384. The summed E-state index contributed by atoms with van der Waals surface area (Å²) in [4.78, 5) is 14.2. The second-order valence-corrected chi connectivity index (χ2v) is 7.17. The molecular weight excluding hydrogens is 380 g/mol. The molecule has 0 saturated heterocycles. The number of aromatic amines is 2. The fourth-order valence-corrected chi connectivity index (χ4v) is 4.12. The molecule has 0 saturated carbocycles. The van der Waals surface area contributed by atoms with Crippen molar-refractivity contribution in [2.75, 3.05) is 5.32 Å². The van der Waals surface area contributed by atoms with Gasteiger partial charge in [-0.05, 0) is 18.6 Å². The third-order valence-corrected chi connectivity index (χ3v) is 5.48. The van der Waals surface area contributed by atoms with Crippen molar-refractivity contribution in [3.05, 3.63) is 92.8 Å². The largest absolute Gasteiger partial charge is 0.360 e. The van der Waals surface area contributed by atoms with Crippen molar-refractivity contribution in [3.8, 4) is 6.07 Å². The van der Waals surface area contributed by atoms with Crippen molar-refractivity contribution >= 4 is 28.1 Å². The molecule has 1 atom stereocenters.